The van der Waals surface area contributed by atoms with Crippen LogP contribution in [-0.2, 0) is 17.8 Å². The van der Waals surface area contributed by atoms with Gasteiger partial charge in [0.1, 0.15) is 11.3 Å². The Morgan fingerprint density at radius 2 is 1.90 bits per heavy atom. The van der Waals surface area contributed by atoms with Crippen molar-refractivity contribution in [3.63, 3.8) is 0 Å². The average molecular weight is 274 g/mol. The number of fused-ring (bicyclic) bond motifs is 1. The van der Waals surface area contributed by atoms with Gasteiger partial charge in [0.2, 0.25) is 0 Å². The Bertz CT molecular complexity index is 583. The Kier molecular flexibility index (Phi) is 3.78. The van der Waals surface area contributed by atoms with Crippen LogP contribution in [0.1, 0.15) is 25.2 Å². The molecule has 1 fully saturated rings. The quantitative estimate of drug-likeness (QED) is 0.934. The predicted molar refractivity (Wildman–Crippen MR) is 79.4 cm³/mol. The third-order valence-corrected chi connectivity index (χ3v) is 3.84. The third kappa shape index (κ3) is 2.59. The minimum atomic E-state index is 0.276. The largest absolute Gasteiger partial charge is 0.459 e. The van der Waals surface area contributed by atoms with E-state index in [0.29, 0.717) is 6.54 Å². The molecule has 2 heterocycles. The van der Waals surface area contributed by atoms with Crippen LogP contribution in [0.25, 0.3) is 11.0 Å². The SMILES string of the molecule is C[C@@H]1CN(Cc2c(CN)oc3ccccc23)C[C@H](C)O1. The number of rotatable bonds is 3. The molecule has 4 heteroatoms. The Morgan fingerprint density at radius 3 is 2.60 bits per heavy atom. The van der Waals surface area contributed by atoms with Crippen molar-refractivity contribution in [2.75, 3.05) is 13.1 Å². The second-order valence-electron chi connectivity index (χ2n) is 5.66. The second-order valence-corrected chi connectivity index (χ2v) is 5.66. The molecule has 2 N–H and O–H groups in total. The molecular weight excluding hydrogens is 252 g/mol. The monoisotopic (exact) mass is 274 g/mol. The topological polar surface area (TPSA) is 51.6 Å². The van der Waals surface area contributed by atoms with Crippen LogP contribution in [0.2, 0.25) is 0 Å². The molecule has 1 aromatic carbocycles. The molecule has 1 aliphatic heterocycles. The van der Waals surface area contributed by atoms with Gasteiger partial charge in [0.15, 0.2) is 0 Å². The van der Waals surface area contributed by atoms with E-state index in [1.165, 1.54) is 10.9 Å². The van der Waals surface area contributed by atoms with Crippen LogP contribution in [-0.4, -0.2) is 30.2 Å². The van der Waals surface area contributed by atoms with Crippen molar-refractivity contribution in [3.05, 3.63) is 35.6 Å². The van der Waals surface area contributed by atoms with Gasteiger partial charge in [-0.1, -0.05) is 18.2 Å². The van der Waals surface area contributed by atoms with Crippen molar-refractivity contribution in [1.29, 1.82) is 0 Å². The summed E-state index contributed by atoms with van der Waals surface area (Å²) in [6.07, 6.45) is 0.552. The lowest BCUT2D eigenvalue weighted by atomic mass is 10.1. The summed E-state index contributed by atoms with van der Waals surface area (Å²) in [7, 11) is 0. The maximum Gasteiger partial charge on any atom is 0.134 e. The first kappa shape index (κ1) is 13.6. The maximum absolute atomic E-state index is 5.86. The van der Waals surface area contributed by atoms with Crippen molar-refractivity contribution in [2.45, 2.75) is 39.1 Å². The number of hydrogen-bond acceptors (Lipinski definition) is 4. The highest BCUT2D eigenvalue weighted by Gasteiger charge is 2.24. The Hall–Kier alpha value is -1.36. The van der Waals surface area contributed by atoms with E-state index in [2.05, 4.69) is 24.8 Å². The van der Waals surface area contributed by atoms with E-state index in [1.54, 1.807) is 0 Å². The Labute approximate surface area is 119 Å². The molecule has 108 valence electrons. The molecule has 0 spiro atoms. The first-order valence-corrected chi connectivity index (χ1v) is 7.24. The van der Waals surface area contributed by atoms with Crippen LogP contribution in [0.15, 0.2) is 28.7 Å². The molecule has 0 aliphatic carbocycles. The highest BCUT2D eigenvalue weighted by Crippen LogP contribution is 2.27. The summed E-state index contributed by atoms with van der Waals surface area (Å²) in [5, 5.41) is 1.18. The molecule has 1 aromatic heterocycles. The molecule has 1 aliphatic rings. The average Bonchev–Trinajstić information content (AvgIpc) is 2.76. The molecule has 0 saturated carbocycles. The zero-order valence-electron chi connectivity index (χ0n) is 12.1. The molecule has 1 saturated heterocycles. The smallest absolute Gasteiger partial charge is 0.134 e. The number of para-hydroxylation sites is 1. The summed E-state index contributed by atoms with van der Waals surface area (Å²) in [5.41, 5.74) is 7.99. The van der Waals surface area contributed by atoms with Gasteiger partial charge in [-0.2, -0.15) is 0 Å². The summed E-state index contributed by atoms with van der Waals surface area (Å²) in [4.78, 5) is 2.43. The molecule has 2 atom stereocenters. The predicted octanol–water partition coefficient (Wildman–Crippen LogP) is 2.50. The van der Waals surface area contributed by atoms with Crippen LogP contribution in [0, 0.1) is 0 Å². The molecule has 0 bridgehead atoms. The zero-order chi connectivity index (χ0) is 14.1. The Morgan fingerprint density at radius 1 is 1.20 bits per heavy atom. The van der Waals surface area contributed by atoms with Crippen LogP contribution >= 0.6 is 0 Å². The van der Waals surface area contributed by atoms with Crippen LogP contribution in [0.3, 0.4) is 0 Å². The van der Waals surface area contributed by atoms with Crippen molar-refractivity contribution < 1.29 is 9.15 Å². The summed E-state index contributed by atoms with van der Waals surface area (Å²) in [5.74, 6) is 0.901. The lowest BCUT2D eigenvalue weighted by molar-refractivity contribution is -0.0705. The standard InChI is InChI=1S/C16H22N2O2/c1-11-8-18(9-12(2)19-11)10-14-13-5-3-4-6-15(13)20-16(14)7-17/h3-6,11-12H,7-10,17H2,1-2H3/t11-,12+. The molecule has 20 heavy (non-hydrogen) atoms. The number of nitrogens with two attached hydrogens (primary N) is 1. The fraction of sp³-hybridized carbons (Fsp3) is 0.500. The van der Waals surface area contributed by atoms with Crippen molar-refractivity contribution in [3.8, 4) is 0 Å². The van der Waals surface area contributed by atoms with E-state index < -0.39 is 0 Å². The first-order chi connectivity index (χ1) is 9.67. The molecule has 0 radical (unpaired) electrons. The van der Waals surface area contributed by atoms with Crippen molar-refractivity contribution in [1.82, 2.24) is 4.90 Å². The number of benzene rings is 1. The van der Waals surface area contributed by atoms with Gasteiger partial charge >= 0.3 is 0 Å². The lowest BCUT2D eigenvalue weighted by Gasteiger charge is -2.35. The molecule has 3 rings (SSSR count). The maximum atomic E-state index is 5.86. The number of hydrogen-bond donors (Lipinski definition) is 1. The van der Waals surface area contributed by atoms with E-state index in [0.717, 1.165) is 31.0 Å². The fourth-order valence-corrected chi connectivity index (χ4v) is 3.12. The molecule has 0 unspecified atom stereocenters. The molecule has 2 aromatic rings. The van der Waals surface area contributed by atoms with Crippen molar-refractivity contribution >= 4 is 11.0 Å². The third-order valence-electron chi connectivity index (χ3n) is 3.84. The minimum Gasteiger partial charge on any atom is -0.459 e. The van der Waals surface area contributed by atoms with Crippen LogP contribution < -0.4 is 5.73 Å². The van der Waals surface area contributed by atoms with E-state index >= 15 is 0 Å². The van der Waals surface area contributed by atoms with Crippen molar-refractivity contribution in [2.24, 2.45) is 5.73 Å². The molecular formula is C16H22N2O2. The summed E-state index contributed by atoms with van der Waals surface area (Å²) in [6.45, 7) is 7.47. The fourth-order valence-electron chi connectivity index (χ4n) is 3.12. The highest BCUT2D eigenvalue weighted by atomic mass is 16.5. The normalized spacial score (nSPS) is 24.4. The zero-order valence-corrected chi connectivity index (χ0v) is 12.1. The van der Waals surface area contributed by atoms with E-state index in [4.69, 9.17) is 14.9 Å². The summed E-state index contributed by atoms with van der Waals surface area (Å²) >= 11 is 0. The van der Waals surface area contributed by atoms with E-state index in [1.807, 2.05) is 18.2 Å². The molecule has 0 amide bonds. The lowest BCUT2D eigenvalue weighted by Crippen LogP contribution is -2.44. The van der Waals surface area contributed by atoms with E-state index in [9.17, 15) is 0 Å². The van der Waals surface area contributed by atoms with Gasteiger partial charge in [-0.05, 0) is 19.9 Å². The number of ether oxygens (including phenoxy) is 1. The summed E-state index contributed by atoms with van der Waals surface area (Å²) in [6, 6.07) is 8.16. The summed E-state index contributed by atoms with van der Waals surface area (Å²) < 4.78 is 11.7. The van der Waals surface area contributed by atoms with Crippen LogP contribution in [0.5, 0.6) is 0 Å². The van der Waals surface area contributed by atoms with Crippen LogP contribution in [0.4, 0.5) is 0 Å². The van der Waals surface area contributed by atoms with Gasteiger partial charge in [-0.15, -0.1) is 0 Å². The van der Waals surface area contributed by atoms with E-state index in [-0.39, 0.29) is 12.2 Å². The van der Waals surface area contributed by atoms with Gasteiger partial charge in [-0.25, -0.2) is 0 Å². The van der Waals surface area contributed by atoms with Gasteiger partial charge in [0, 0.05) is 30.6 Å². The minimum absolute atomic E-state index is 0.276. The van der Waals surface area contributed by atoms with Gasteiger partial charge in [-0.3, -0.25) is 4.90 Å². The second kappa shape index (κ2) is 5.56. The van der Waals surface area contributed by atoms with Gasteiger partial charge in [0.25, 0.3) is 0 Å². The van der Waals surface area contributed by atoms with Gasteiger partial charge in [0.05, 0.1) is 18.8 Å². The number of morpholine rings is 1. The Balaban J connectivity index is 1.89. The highest BCUT2D eigenvalue weighted by molar-refractivity contribution is 5.82. The number of furan rings is 1. The van der Waals surface area contributed by atoms with Gasteiger partial charge < -0.3 is 14.9 Å². The number of nitrogens with zero attached hydrogens (tertiary/aromatic N) is 1. The first-order valence-electron chi connectivity index (χ1n) is 7.24. The molecule has 4 nitrogen and oxygen atoms in total.